The van der Waals surface area contributed by atoms with Gasteiger partial charge in [-0.25, -0.2) is 4.98 Å². The average molecular weight is 313 g/mol. The first-order valence-corrected chi connectivity index (χ1v) is 7.18. The van der Waals surface area contributed by atoms with Gasteiger partial charge in [-0.15, -0.1) is 0 Å². The van der Waals surface area contributed by atoms with Crippen LogP contribution in [0.4, 0.5) is 0 Å². The molecule has 4 nitrogen and oxygen atoms in total. The van der Waals surface area contributed by atoms with Crippen molar-refractivity contribution in [2.24, 2.45) is 5.92 Å². The van der Waals surface area contributed by atoms with Gasteiger partial charge in [-0.2, -0.15) is 0 Å². The zero-order valence-corrected chi connectivity index (χ0v) is 12.2. The van der Waals surface area contributed by atoms with Crippen molar-refractivity contribution < 1.29 is 9.15 Å². The van der Waals surface area contributed by atoms with Crippen LogP contribution in [0, 0.1) is 5.92 Å². The topological polar surface area (TPSA) is 47.3 Å². The predicted molar refractivity (Wildman–Crippen MR) is 77.4 cm³/mol. The first kappa shape index (κ1) is 13.7. The Morgan fingerprint density at radius 1 is 1.35 bits per heavy atom. The summed E-state index contributed by atoms with van der Waals surface area (Å²) < 4.78 is 11.0. The summed E-state index contributed by atoms with van der Waals surface area (Å²) in [5, 5.41) is 4.29. The molecular weight excluding hydrogens is 299 g/mol. The normalized spacial score (nSPS) is 15.1. The van der Waals surface area contributed by atoms with E-state index in [0.717, 1.165) is 25.2 Å². The minimum atomic E-state index is 0.254. The Balaban J connectivity index is 1.57. The Labute approximate surface area is 127 Å². The lowest BCUT2D eigenvalue weighted by molar-refractivity contribution is 0.263. The highest BCUT2D eigenvalue weighted by atomic mass is 35.5. The van der Waals surface area contributed by atoms with E-state index in [4.69, 9.17) is 32.4 Å². The van der Waals surface area contributed by atoms with E-state index in [0.29, 0.717) is 27.6 Å². The molecule has 20 heavy (non-hydrogen) atoms. The van der Waals surface area contributed by atoms with E-state index in [1.165, 1.54) is 0 Å². The van der Waals surface area contributed by atoms with Crippen molar-refractivity contribution in [1.29, 1.82) is 0 Å². The third kappa shape index (κ3) is 3.26. The maximum atomic E-state index is 6.03. The van der Waals surface area contributed by atoms with Gasteiger partial charge >= 0.3 is 0 Å². The van der Waals surface area contributed by atoms with Crippen molar-refractivity contribution in [2.75, 3.05) is 13.1 Å². The van der Waals surface area contributed by atoms with E-state index in [1.807, 2.05) is 0 Å². The molecule has 1 aliphatic rings. The van der Waals surface area contributed by atoms with E-state index >= 15 is 0 Å². The molecule has 0 aliphatic carbocycles. The molecule has 3 rings (SSSR count). The molecule has 106 valence electrons. The summed E-state index contributed by atoms with van der Waals surface area (Å²) in [6, 6.07) is 5.10. The minimum Gasteiger partial charge on any atom is -0.482 e. The quantitative estimate of drug-likeness (QED) is 0.920. The Hall–Kier alpha value is -1.23. The summed E-state index contributed by atoms with van der Waals surface area (Å²) in [6.07, 6.45) is 2.64. The maximum absolute atomic E-state index is 6.03. The number of hydrogen-bond donors (Lipinski definition) is 1. The van der Waals surface area contributed by atoms with Crippen LogP contribution in [0.5, 0.6) is 5.75 Å². The number of hydrogen-bond acceptors (Lipinski definition) is 4. The zero-order valence-electron chi connectivity index (χ0n) is 10.7. The van der Waals surface area contributed by atoms with Crippen molar-refractivity contribution in [1.82, 2.24) is 10.3 Å². The highest BCUT2D eigenvalue weighted by Crippen LogP contribution is 2.28. The first-order valence-electron chi connectivity index (χ1n) is 6.42. The van der Waals surface area contributed by atoms with Crippen molar-refractivity contribution in [3.8, 4) is 5.75 Å². The van der Waals surface area contributed by atoms with Crippen molar-refractivity contribution >= 4 is 23.2 Å². The molecule has 0 amide bonds. The fourth-order valence-corrected chi connectivity index (χ4v) is 2.49. The molecule has 1 N–H and O–H groups in total. The van der Waals surface area contributed by atoms with Gasteiger partial charge in [-0.1, -0.05) is 23.2 Å². The van der Waals surface area contributed by atoms with Crippen LogP contribution >= 0.6 is 23.2 Å². The number of nitrogens with zero attached hydrogens (tertiary/aromatic N) is 1. The predicted octanol–water partition coefficient (Wildman–Crippen LogP) is 3.32. The molecule has 1 fully saturated rings. The van der Waals surface area contributed by atoms with E-state index in [1.54, 1.807) is 24.5 Å². The highest BCUT2D eigenvalue weighted by Gasteiger charge is 2.19. The molecule has 0 atom stereocenters. The van der Waals surface area contributed by atoms with Gasteiger partial charge < -0.3 is 14.5 Å². The van der Waals surface area contributed by atoms with Gasteiger partial charge in [0.15, 0.2) is 6.61 Å². The number of ether oxygens (including phenoxy) is 1. The molecule has 1 aliphatic heterocycles. The molecule has 0 radical (unpaired) electrons. The second-order valence-corrected chi connectivity index (χ2v) is 5.67. The third-order valence-corrected chi connectivity index (χ3v) is 3.74. The third-order valence-electron chi connectivity index (χ3n) is 3.21. The fourth-order valence-electron chi connectivity index (χ4n) is 2.03. The maximum Gasteiger partial charge on any atom is 0.232 e. The molecule has 0 unspecified atom stereocenters. The van der Waals surface area contributed by atoms with Gasteiger partial charge in [0, 0.05) is 5.02 Å². The van der Waals surface area contributed by atoms with Gasteiger partial charge in [0.25, 0.3) is 0 Å². The number of aromatic nitrogens is 1. The SMILES string of the molecule is Clc1ccc(OCc2nc(CC3CNC3)co2)c(Cl)c1. The summed E-state index contributed by atoms with van der Waals surface area (Å²) in [4.78, 5) is 4.41. The van der Waals surface area contributed by atoms with Gasteiger partial charge in [0.05, 0.1) is 10.7 Å². The highest BCUT2D eigenvalue weighted by molar-refractivity contribution is 6.35. The van der Waals surface area contributed by atoms with E-state index in [2.05, 4.69) is 10.3 Å². The Bertz CT molecular complexity index is 597. The molecular formula is C14H14Cl2N2O2. The van der Waals surface area contributed by atoms with Crippen LogP contribution in [-0.4, -0.2) is 18.1 Å². The van der Waals surface area contributed by atoms with Gasteiger partial charge in [-0.05, 0) is 43.6 Å². The molecule has 1 saturated heterocycles. The number of benzene rings is 1. The first-order chi connectivity index (χ1) is 9.70. The summed E-state index contributed by atoms with van der Waals surface area (Å²) in [5.74, 6) is 1.79. The van der Waals surface area contributed by atoms with Crippen LogP contribution in [0.3, 0.4) is 0 Å². The number of oxazole rings is 1. The van der Waals surface area contributed by atoms with Crippen LogP contribution in [-0.2, 0) is 13.0 Å². The molecule has 0 saturated carbocycles. The Kier molecular flexibility index (Phi) is 4.15. The Morgan fingerprint density at radius 2 is 2.20 bits per heavy atom. The van der Waals surface area contributed by atoms with Crippen LogP contribution in [0.15, 0.2) is 28.9 Å². The molecule has 0 bridgehead atoms. The molecule has 1 aromatic heterocycles. The van der Waals surface area contributed by atoms with Crippen LogP contribution in [0.1, 0.15) is 11.6 Å². The number of halogens is 2. The Morgan fingerprint density at radius 3 is 2.90 bits per heavy atom. The molecule has 2 aromatic rings. The van der Waals surface area contributed by atoms with Crippen molar-refractivity contribution in [3.63, 3.8) is 0 Å². The van der Waals surface area contributed by atoms with Crippen LogP contribution < -0.4 is 10.1 Å². The average Bonchev–Trinajstić information content (AvgIpc) is 2.81. The summed E-state index contributed by atoms with van der Waals surface area (Å²) in [7, 11) is 0. The largest absolute Gasteiger partial charge is 0.482 e. The number of rotatable bonds is 5. The van der Waals surface area contributed by atoms with Gasteiger partial charge in [0.1, 0.15) is 12.0 Å². The van der Waals surface area contributed by atoms with E-state index in [9.17, 15) is 0 Å². The second-order valence-electron chi connectivity index (χ2n) is 4.82. The summed E-state index contributed by atoms with van der Waals surface area (Å²) in [6.45, 7) is 2.36. The fraction of sp³-hybridized carbons (Fsp3) is 0.357. The van der Waals surface area contributed by atoms with Gasteiger partial charge in [-0.3, -0.25) is 0 Å². The second kappa shape index (κ2) is 6.04. The molecule has 1 aromatic carbocycles. The lowest BCUT2D eigenvalue weighted by Crippen LogP contribution is -2.43. The lowest BCUT2D eigenvalue weighted by Gasteiger charge is -2.25. The monoisotopic (exact) mass is 312 g/mol. The molecule has 2 heterocycles. The molecule has 6 heteroatoms. The number of nitrogens with one attached hydrogen (secondary N) is 1. The smallest absolute Gasteiger partial charge is 0.232 e. The standard InChI is InChI=1S/C14H14Cl2N2O2/c15-10-1-2-13(12(16)4-10)19-8-14-18-11(7-20-14)3-9-5-17-6-9/h1-2,4,7,9,17H,3,5-6,8H2. The minimum absolute atomic E-state index is 0.254. The van der Waals surface area contributed by atoms with E-state index < -0.39 is 0 Å². The van der Waals surface area contributed by atoms with Gasteiger partial charge in [0.2, 0.25) is 5.89 Å². The van der Waals surface area contributed by atoms with Crippen LogP contribution in [0.2, 0.25) is 10.0 Å². The van der Waals surface area contributed by atoms with Crippen LogP contribution in [0.25, 0.3) is 0 Å². The zero-order chi connectivity index (χ0) is 13.9. The molecule has 0 spiro atoms. The summed E-state index contributed by atoms with van der Waals surface area (Å²) >= 11 is 11.9. The van der Waals surface area contributed by atoms with Crippen molar-refractivity contribution in [2.45, 2.75) is 13.0 Å². The summed E-state index contributed by atoms with van der Waals surface area (Å²) in [5.41, 5.74) is 0.970. The van der Waals surface area contributed by atoms with E-state index in [-0.39, 0.29) is 6.61 Å². The van der Waals surface area contributed by atoms with Crippen molar-refractivity contribution in [3.05, 3.63) is 46.1 Å². The lowest BCUT2D eigenvalue weighted by atomic mass is 9.98.